The van der Waals surface area contributed by atoms with Crippen LogP contribution in [-0.4, -0.2) is 53.2 Å². The largest absolute Gasteiger partial charge is 0.476 e. The number of aromatic carboxylic acids is 1. The van der Waals surface area contributed by atoms with Gasteiger partial charge < -0.3 is 14.7 Å². The van der Waals surface area contributed by atoms with Gasteiger partial charge in [0.15, 0.2) is 10.7 Å². The number of hydrogen-bond acceptors (Lipinski definition) is 5. The highest BCUT2D eigenvalue weighted by Gasteiger charge is 2.26. The van der Waals surface area contributed by atoms with Gasteiger partial charge in [0.05, 0.1) is 6.10 Å². The number of ether oxygens (including phenoxy) is 1. The zero-order valence-electron chi connectivity index (χ0n) is 9.96. The molecule has 0 saturated carbocycles. The van der Waals surface area contributed by atoms with Gasteiger partial charge in [-0.2, -0.15) is 0 Å². The molecule has 2 rings (SSSR count). The van der Waals surface area contributed by atoms with E-state index in [1.165, 1.54) is 5.38 Å². The van der Waals surface area contributed by atoms with Gasteiger partial charge in [0.25, 0.3) is 5.91 Å². The number of carboxylic acid groups (broad SMARTS) is 1. The first-order valence-electron chi connectivity index (χ1n) is 5.62. The minimum absolute atomic E-state index is 0.0570. The second kappa shape index (κ2) is 5.45. The molecule has 1 aliphatic heterocycles. The third-order valence-corrected chi connectivity index (χ3v) is 3.74. The van der Waals surface area contributed by atoms with Gasteiger partial charge in [0, 0.05) is 25.6 Å². The second-order valence-electron chi connectivity index (χ2n) is 4.09. The van der Waals surface area contributed by atoms with Gasteiger partial charge in [0.1, 0.15) is 0 Å². The number of thiazole rings is 1. The summed E-state index contributed by atoms with van der Waals surface area (Å²) in [5.41, 5.74) is -0.0800. The molecule has 7 heteroatoms. The van der Waals surface area contributed by atoms with Gasteiger partial charge >= 0.3 is 5.97 Å². The minimum atomic E-state index is -1.11. The van der Waals surface area contributed by atoms with Gasteiger partial charge in [-0.05, 0) is 12.8 Å². The maximum absolute atomic E-state index is 12.1. The first-order valence-corrected chi connectivity index (χ1v) is 6.50. The molecular weight excluding hydrogens is 256 g/mol. The second-order valence-corrected chi connectivity index (χ2v) is 4.95. The van der Waals surface area contributed by atoms with Crippen LogP contribution in [0.5, 0.6) is 0 Å². The molecule has 1 unspecified atom stereocenters. The van der Waals surface area contributed by atoms with Gasteiger partial charge in [-0.15, -0.1) is 11.3 Å². The summed E-state index contributed by atoms with van der Waals surface area (Å²) in [4.78, 5) is 28.3. The fraction of sp³-hybridized carbons (Fsp3) is 0.545. The van der Waals surface area contributed by atoms with Crippen molar-refractivity contribution in [2.75, 3.05) is 20.2 Å². The van der Waals surface area contributed by atoms with E-state index < -0.39 is 5.97 Å². The Balaban J connectivity index is 2.07. The minimum Gasteiger partial charge on any atom is -0.476 e. The number of carboxylic acids is 1. The maximum Gasteiger partial charge on any atom is 0.355 e. The van der Waals surface area contributed by atoms with E-state index in [9.17, 15) is 9.59 Å². The number of methoxy groups -OCH3 is 1. The van der Waals surface area contributed by atoms with E-state index >= 15 is 0 Å². The molecule has 2 heterocycles. The van der Waals surface area contributed by atoms with E-state index in [2.05, 4.69) is 4.98 Å². The molecule has 1 aliphatic rings. The van der Waals surface area contributed by atoms with Gasteiger partial charge in [0.2, 0.25) is 0 Å². The molecule has 1 atom stereocenters. The van der Waals surface area contributed by atoms with Crippen LogP contribution < -0.4 is 0 Å². The zero-order chi connectivity index (χ0) is 13.1. The Morgan fingerprint density at radius 1 is 1.61 bits per heavy atom. The predicted octanol–water partition coefficient (Wildman–Crippen LogP) is 1.09. The number of rotatable bonds is 3. The van der Waals surface area contributed by atoms with Crippen LogP contribution >= 0.6 is 11.3 Å². The van der Waals surface area contributed by atoms with Crippen molar-refractivity contribution < 1.29 is 19.4 Å². The van der Waals surface area contributed by atoms with Crippen molar-refractivity contribution in [3.05, 3.63) is 16.1 Å². The Hall–Kier alpha value is -1.47. The molecule has 18 heavy (non-hydrogen) atoms. The summed E-state index contributed by atoms with van der Waals surface area (Å²) < 4.78 is 5.25. The fourth-order valence-electron chi connectivity index (χ4n) is 1.92. The fourth-order valence-corrected chi connectivity index (χ4v) is 2.68. The van der Waals surface area contributed by atoms with Crippen LogP contribution in [0.15, 0.2) is 5.38 Å². The molecule has 0 aromatic carbocycles. The average Bonchev–Trinajstić information content (AvgIpc) is 2.87. The van der Waals surface area contributed by atoms with Crippen LogP contribution in [0, 0.1) is 0 Å². The SMILES string of the molecule is COC1CCCN(C(=O)c2nc(C(=O)O)cs2)C1. The van der Waals surface area contributed by atoms with Gasteiger partial charge in [-0.3, -0.25) is 4.79 Å². The number of piperidine rings is 1. The van der Waals surface area contributed by atoms with Crippen LogP contribution in [0.1, 0.15) is 33.1 Å². The highest BCUT2D eigenvalue weighted by molar-refractivity contribution is 7.11. The standard InChI is InChI=1S/C11H14N2O4S/c1-17-7-3-2-4-13(5-7)10(14)9-12-8(6-18-9)11(15)16/h6-7H,2-5H2,1H3,(H,15,16). The molecule has 0 spiro atoms. The number of amides is 1. The summed E-state index contributed by atoms with van der Waals surface area (Å²) in [6.07, 6.45) is 1.89. The van der Waals surface area contributed by atoms with Crippen molar-refractivity contribution in [2.45, 2.75) is 18.9 Å². The summed E-state index contributed by atoms with van der Waals surface area (Å²) >= 11 is 1.06. The van der Waals surface area contributed by atoms with Crippen molar-refractivity contribution in [2.24, 2.45) is 0 Å². The van der Waals surface area contributed by atoms with Gasteiger partial charge in [-0.1, -0.05) is 0 Å². The van der Waals surface area contributed by atoms with Crippen LogP contribution in [0.2, 0.25) is 0 Å². The van der Waals surface area contributed by atoms with Crippen molar-refractivity contribution in [3.63, 3.8) is 0 Å². The summed E-state index contributed by atoms with van der Waals surface area (Å²) in [5.74, 6) is -1.33. The summed E-state index contributed by atoms with van der Waals surface area (Å²) in [5, 5.41) is 10.4. The lowest BCUT2D eigenvalue weighted by atomic mass is 10.1. The Kier molecular flexibility index (Phi) is 3.93. The molecule has 6 nitrogen and oxygen atoms in total. The third kappa shape index (κ3) is 2.68. The van der Waals surface area contributed by atoms with Crippen molar-refractivity contribution >= 4 is 23.2 Å². The van der Waals surface area contributed by atoms with E-state index in [1.807, 2.05) is 0 Å². The number of carbonyl (C=O) groups excluding carboxylic acids is 1. The zero-order valence-corrected chi connectivity index (χ0v) is 10.8. The molecular formula is C11H14N2O4S. The average molecular weight is 270 g/mol. The monoisotopic (exact) mass is 270 g/mol. The Labute approximate surface area is 108 Å². The van der Waals surface area contributed by atoms with Crippen molar-refractivity contribution in [3.8, 4) is 0 Å². The Bertz CT molecular complexity index is 460. The lowest BCUT2D eigenvalue weighted by Gasteiger charge is -2.31. The summed E-state index contributed by atoms with van der Waals surface area (Å²) in [6, 6.07) is 0. The molecule has 1 fully saturated rings. The normalized spacial score (nSPS) is 19.8. The first-order chi connectivity index (χ1) is 8.61. The van der Waals surface area contributed by atoms with E-state index in [0.717, 1.165) is 24.2 Å². The van der Waals surface area contributed by atoms with Crippen molar-refractivity contribution in [1.29, 1.82) is 0 Å². The highest BCUT2D eigenvalue weighted by atomic mass is 32.1. The lowest BCUT2D eigenvalue weighted by Crippen LogP contribution is -2.42. The molecule has 0 aliphatic carbocycles. The number of carbonyl (C=O) groups is 2. The van der Waals surface area contributed by atoms with Crippen LogP contribution in [0.25, 0.3) is 0 Å². The molecule has 1 aromatic heterocycles. The molecule has 1 amide bonds. The number of hydrogen-bond donors (Lipinski definition) is 1. The van der Waals surface area contributed by atoms with Crippen LogP contribution in [-0.2, 0) is 4.74 Å². The van der Waals surface area contributed by atoms with E-state index in [0.29, 0.717) is 13.1 Å². The number of nitrogens with zero attached hydrogens (tertiary/aromatic N) is 2. The topological polar surface area (TPSA) is 79.7 Å². The van der Waals surface area contributed by atoms with Crippen molar-refractivity contribution in [1.82, 2.24) is 9.88 Å². The predicted molar refractivity (Wildman–Crippen MR) is 65.0 cm³/mol. The number of likely N-dealkylation sites (tertiary alicyclic amines) is 1. The maximum atomic E-state index is 12.1. The van der Waals surface area contributed by atoms with E-state index in [4.69, 9.17) is 9.84 Å². The molecule has 1 N–H and O–H groups in total. The molecule has 98 valence electrons. The number of aromatic nitrogens is 1. The Morgan fingerprint density at radius 3 is 3.00 bits per heavy atom. The molecule has 1 saturated heterocycles. The van der Waals surface area contributed by atoms with Gasteiger partial charge in [-0.25, -0.2) is 9.78 Å². The summed E-state index contributed by atoms with van der Waals surface area (Å²) in [6.45, 7) is 1.21. The van der Waals surface area contributed by atoms with E-state index in [-0.39, 0.29) is 22.7 Å². The van der Waals surface area contributed by atoms with E-state index in [1.54, 1.807) is 12.0 Å². The highest BCUT2D eigenvalue weighted by Crippen LogP contribution is 2.18. The summed E-state index contributed by atoms with van der Waals surface area (Å²) in [7, 11) is 1.63. The Morgan fingerprint density at radius 2 is 2.39 bits per heavy atom. The molecule has 0 bridgehead atoms. The third-order valence-electron chi connectivity index (χ3n) is 2.90. The first kappa shape index (κ1) is 13.0. The molecule has 0 radical (unpaired) electrons. The quantitative estimate of drug-likeness (QED) is 0.889. The lowest BCUT2D eigenvalue weighted by molar-refractivity contribution is 0.0268. The van der Waals surface area contributed by atoms with Crippen LogP contribution in [0.3, 0.4) is 0 Å². The van der Waals surface area contributed by atoms with Crippen LogP contribution in [0.4, 0.5) is 0 Å². The smallest absolute Gasteiger partial charge is 0.355 e. The molecule has 1 aromatic rings.